The maximum atomic E-state index is 13.0. The van der Waals surface area contributed by atoms with Gasteiger partial charge in [0.05, 0.1) is 11.0 Å². The highest BCUT2D eigenvalue weighted by Gasteiger charge is 2.36. The molecular weight excluding hydrogens is 494 g/mol. The molecule has 1 aliphatic heterocycles. The summed E-state index contributed by atoms with van der Waals surface area (Å²) in [6, 6.07) is 16.2. The summed E-state index contributed by atoms with van der Waals surface area (Å²) in [5.41, 5.74) is 1.87. The molecule has 3 aromatic rings. The Morgan fingerprint density at radius 2 is 1.86 bits per heavy atom. The maximum absolute atomic E-state index is 13.0. The van der Waals surface area contributed by atoms with Crippen LogP contribution in [-0.4, -0.2) is 52.2 Å². The summed E-state index contributed by atoms with van der Waals surface area (Å²) in [7, 11) is -3.53. The molecule has 0 saturated carbocycles. The molecule has 2 atom stereocenters. The Morgan fingerprint density at radius 1 is 1.17 bits per heavy atom. The number of piperidine rings is 1. The highest BCUT2D eigenvalue weighted by molar-refractivity contribution is 7.99. The number of carboxylic acid groups (broad SMARTS) is 1. The van der Waals surface area contributed by atoms with E-state index in [-0.39, 0.29) is 5.92 Å². The van der Waals surface area contributed by atoms with Crippen LogP contribution in [0.3, 0.4) is 0 Å². The third-order valence-electron chi connectivity index (χ3n) is 6.40. The first-order valence-corrected chi connectivity index (χ1v) is 14.6. The van der Waals surface area contributed by atoms with Gasteiger partial charge in [-0.15, -0.1) is 0 Å². The molecule has 1 aromatic heterocycles. The first-order valence-electron chi connectivity index (χ1n) is 12.1. The monoisotopic (exact) mass is 527 g/mol. The number of carbonyl (C=O) groups is 1. The van der Waals surface area contributed by atoms with Crippen molar-refractivity contribution in [2.75, 3.05) is 18.8 Å². The van der Waals surface area contributed by atoms with Gasteiger partial charge in [-0.1, -0.05) is 75.0 Å². The zero-order valence-electron chi connectivity index (χ0n) is 20.9. The van der Waals surface area contributed by atoms with E-state index in [4.69, 9.17) is 4.98 Å². The molecule has 7 nitrogen and oxygen atoms in total. The molecule has 0 spiro atoms. The van der Waals surface area contributed by atoms with Gasteiger partial charge in [0.1, 0.15) is 6.04 Å². The minimum absolute atomic E-state index is 0.148. The SMILES string of the molecule is CC(C)(C)C(C(=O)O)n1c(SCC2CCCN(S(=O)(=O)C=Cc3ccccc3)C2)nc2ccccc21. The first-order chi connectivity index (χ1) is 17.1. The molecule has 1 fully saturated rings. The molecule has 1 N–H and O–H groups in total. The van der Waals surface area contributed by atoms with Gasteiger partial charge in [-0.05, 0) is 47.9 Å². The second kappa shape index (κ2) is 10.8. The smallest absolute Gasteiger partial charge is 0.327 e. The number of nitrogens with zero attached hydrogens (tertiary/aromatic N) is 3. The van der Waals surface area contributed by atoms with Crippen molar-refractivity contribution in [3.63, 3.8) is 0 Å². The average molecular weight is 528 g/mol. The lowest BCUT2D eigenvalue weighted by Crippen LogP contribution is -2.39. The standard InChI is InChI=1S/C27H33N3O4S2/c1-27(2,3)24(25(31)32)30-23-14-8-7-13-22(23)28-26(30)35-19-21-12-9-16-29(18-21)36(33,34)17-15-20-10-5-4-6-11-20/h4-8,10-11,13-15,17,21,24H,9,12,16,18-19H2,1-3H3,(H,31,32). The van der Waals surface area contributed by atoms with Gasteiger partial charge in [-0.2, -0.15) is 4.31 Å². The van der Waals surface area contributed by atoms with Crippen molar-refractivity contribution in [1.29, 1.82) is 0 Å². The third kappa shape index (κ3) is 6.02. The number of aliphatic carboxylic acids is 1. The van der Waals surface area contributed by atoms with Crippen LogP contribution in [0.25, 0.3) is 17.1 Å². The Bertz CT molecular complexity index is 1340. The number of fused-ring (bicyclic) bond motifs is 1. The molecule has 0 amide bonds. The van der Waals surface area contributed by atoms with Crippen LogP contribution < -0.4 is 0 Å². The second-order valence-corrected chi connectivity index (χ2v) is 13.1. The number of hydrogen-bond acceptors (Lipinski definition) is 5. The van der Waals surface area contributed by atoms with Crippen molar-refractivity contribution in [2.24, 2.45) is 11.3 Å². The normalized spacial score (nSPS) is 18.6. The fourth-order valence-electron chi connectivity index (χ4n) is 4.64. The topological polar surface area (TPSA) is 92.5 Å². The molecule has 2 heterocycles. The van der Waals surface area contributed by atoms with E-state index in [0.29, 0.717) is 24.0 Å². The van der Waals surface area contributed by atoms with Gasteiger partial charge in [0, 0.05) is 24.3 Å². The predicted molar refractivity (Wildman–Crippen MR) is 145 cm³/mol. The molecule has 9 heteroatoms. The van der Waals surface area contributed by atoms with Crippen molar-refractivity contribution < 1.29 is 18.3 Å². The maximum Gasteiger partial charge on any atom is 0.327 e. The number of hydrogen-bond donors (Lipinski definition) is 1. The van der Waals surface area contributed by atoms with E-state index in [2.05, 4.69) is 0 Å². The van der Waals surface area contributed by atoms with Gasteiger partial charge in [0.15, 0.2) is 5.16 Å². The molecule has 1 saturated heterocycles. The molecule has 192 valence electrons. The molecule has 2 aromatic carbocycles. The highest BCUT2D eigenvalue weighted by Crippen LogP contribution is 2.38. The Kier molecular flexibility index (Phi) is 7.92. The van der Waals surface area contributed by atoms with E-state index in [1.54, 1.807) is 10.4 Å². The quantitative estimate of drug-likeness (QED) is 0.388. The number of benzene rings is 2. The molecule has 0 bridgehead atoms. The van der Waals surface area contributed by atoms with E-state index < -0.39 is 27.4 Å². The number of imidazole rings is 1. The van der Waals surface area contributed by atoms with E-state index in [9.17, 15) is 18.3 Å². The van der Waals surface area contributed by atoms with Gasteiger partial charge in [0.2, 0.25) is 10.0 Å². The third-order valence-corrected chi connectivity index (χ3v) is 9.11. The number of para-hydroxylation sites is 2. The number of carboxylic acids is 1. The molecule has 0 aliphatic carbocycles. The zero-order chi connectivity index (χ0) is 25.9. The van der Waals surface area contributed by atoms with Gasteiger partial charge in [0.25, 0.3) is 0 Å². The van der Waals surface area contributed by atoms with Crippen molar-refractivity contribution in [2.45, 2.75) is 44.8 Å². The zero-order valence-corrected chi connectivity index (χ0v) is 22.5. The molecule has 36 heavy (non-hydrogen) atoms. The van der Waals surface area contributed by atoms with Crippen molar-refractivity contribution >= 4 is 44.9 Å². The number of rotatable bonds is 8. The van der Waals surface area contributed by atoms with Crippen molar-refractivity contribution in [3.8, 4) is 0 Å². The number of aromatic nitrogens is 2. The van der Waals surface area contributed by atoms with Crippen LogP contribution >= 0.6 is 11.8 Å². The highest BCUT2D eigenvalue weighted by atomic mass is 32.2. The number of sulfonamides is 1. The molecule has 0 radical (unpaired) electrons. The Hall–Kier alpha value is -2.62. The fraction of sp³-hybridized carbons (Fsp3) is 0.407. The summed E-state index contributed by atoms with van der Waals surface area (Å²) in [6.07, 6.45) is 3.34. The van der Waals surface area contributed by atoms with Gasteiger partial charge >= 0.3 is 5.97 Å². The fourth-order valence-corrected chi connectivity index (χ4v) is 7.11. The Labute approximate surface area is 217 Å². The van der Waals surface area contributed by atoms with Crippen LogP contribution in [-0.2, 0) is 14.8 Å². The van der Waals surface area contributed by atoms with Crippen molar-refractivity contribution in [3.05, 3.63) is 65.6 Å². The summed E-state index contributed by atoms with van der Waals surface area (Å²) in [6.45, 7) is 6.70. The second-order valence-electron chi connectivity index (χ2n) is 10.3. The van der Waals surface area contributed by atoms with E-state index in [1.165, 1.54) is 17.2 Å². The molecule has 2 unspecified atom stereocenters. The van der Waals surface area contributed by atoms with Crippen LogP contribution in [0.4, 0.5) is 0 Å². The van der Waals surface area contributed by atoms with Crippen LogP contribution in [0.5, 0.6) is 0 Å². The van der Waals surface area contributed by atoms with E-state index >= 15 is 0 Å². The largest absolute Gasteiger partial charge is 0.480 e. The van der Waals surface area contributed by atoms with Gasteiger partial charge in [-0.25, -0.2) is 18.2 Å². The van der Waals surface area contributed by atoms with Crippen LogP contribution in [0, 0.1) is 11.3 Å². The summed E-state index contributed by atoms with van der Waals surface area (Å²) in [5, 5.41) is 12.0. The minimum atomic E-state index is -3.53. The van der Waals surface area contributed by atoms with Gasteiger partial charge in [-0.3, -0.25) is 0 Å². The summed E-state index contributed by atoms with van der Waals surface area (Å²) >= 11 is 1.51. The van der Waals surface area contributed by atoms with Crippen molar-refractivity contribution in [1.82, 2.24) is 13.9 Å². The lowest BCUT2D eigenvalue weighted by Gasteiger charge is -2.32. The number of thioether (sulfide) groups is 1. The minimum Gasteiger partial charge on any atom is -0.480 e. The molecule has 1 aliphatic rings. The van der Waals surface area contributed by atoms with Crippen LogP contribution in [0.2, 0.25) is 0 Å². The van der Waals surface area contributed by atoms with Crippen LogP contribution in [0.1, 0.15) is 45.2 Å². The van der Waals surface area contributed by atoms with E-state index in [1.807, 2.05) is 79.9 Å². The average Bonchev–Trinajstić information content (AvgIpc) is 3.19. The molecular formula is C27H33N3O4S2. The van der Waals surface area contributed by atoms with Crippen LogP contribution in [0.15, 0.2) is 65.2 Å². The summed E-state index contributed by atoms with van der Waals surface area (Å²) < 4.78 is 29.3. The Balaban J connectivity index is 1.52. The summed E-state index contributed by atoms with van der Waals surface area (Å²) in [4.78, 5) is 17.1. The lowest BCUT2D eigenvalue weighted by molar-refractivity contribution is -0.144. The molecule has 4 rings (SSSR count). The van der Waals surface area contributed by atoms with Gasteiger partial charge < -0.3 is 9.67 Å². The van der Waals surface area contributed by atoms with E-state index in [0.717, 1.165) is 29.4 Å². The summed E-state index contributed by atoms with van der Waals surface area (Å²) in [5.74, 6) is -0.0868. The lowest BCUT2D eigenvalue weighted by atomic mass is 9.86. The Morgan fingerprint density at radius 3 is 2.56 bits per heavy atom. The predicted octanol–water partition coefficient (Wildman–Crippen LogP) is 5.51. The first kappa shape index (κ1) is 26.4.